The first kappa shape index (κ1) is 15.3. The van der Waals surface area contributed by atoms with Crippen molar-refractivity contribution < 1.29 is 4.92 Å². The molecule has 0 radical (unpaired) electrons. The maximum absolute atomic E-state index is 12.4. The second-order valence-corrected chi connectivity index (χ2v) is 6.25. The van der Waals surface area contributed by atoms with Crippen LogP contribution in [0.5, 0.6) is 0 Å². The minimum Gasteiger partial charge on any atom is -0.317 e. The summed E-state index contributed by atoms with van der Waals surface area (Å²) in [5.41, 5.74) is 2.33. The quantitative estimate of drug-likeness (QED) is 0.389. The first-order chi connectivity index (χ1) is 13.1. The van der Waals surface area contributed by atoms with Crippen molar-refractivity contribution in [2.75, 3.05) is 0 Å². The van der Waals surface area contributed by atoms with Crippen LogP contribution in [0.25, 0.3) is 33.5 Å². The number of nitrogens with one attached hydrogen (secondary N) is 1. The van der Waals surface area contributed by atoms with Crippen molar-refractivity contribution in [3.63, 3.8) is 0 Å². The first-order valence-electron chi connectivity index (χ1n) is 8.29. The number of aromatic nitrogens is 3. The molecular formula is C20H12N4O3. The highest BCUT2D eigenvalue weighted by Gasteiger charge is 2.14. The maximum Gasteiger partial charge on any atom is 0.292 e. The molecule has 1 N–H and O–H groups in total. The van der Waals surface area contributed by atoms with E-state index in [1.54, 1.807) is 22.9 Å². The van der Waals surface area contributed by atoms with Gasteiger partial charge in [0, 0.05) is 35.1 Å². The monoisotopic (exact) mass is 356 g/mol. The molecule has 7 heteroatoms. The highest BCUT2D eigenvalue weighted by molar-refractivity contribution is 6.10. The van der Waals surface area contributed by atoms with E-state index in [1.807, 2.05) is 36.4 Å². The van der Waals surface area contributed by atoms with Gasteiger partial charge in [0.1, 0.15) is 0 Å². The number of non-ortho nitro benzene ring substituents is 1. The summed E-state index contributed by atoms with van der Waals surface area (Å²) in [5, 5.41) is 13.8. The van der Waals surface area contributed by atoms with E-state index < -0.39 is 4.92 Å². The molecule has 130 valence electrons. The summed E-state index contributed by atoms with van der Waals surface area (Å²) in [6, 6.07) is 14.2. The van der Waals surface area contributed by atoms with Gasteiger partial charge in [-0.1, -0.05) is 36.4 Å². The number of nitro benzene ring substituents is 1. The number of nitrogens with zero attached hydrogens (tertiary/aromatic N) is 3. The Kier molecular flexibility index (Phi) is 3.11. The number of nitro groups is 1. The van der Waals surface area contributed by atoms with Crippen molar-refractivity contribution in [1.29, 1.82) is 0 Å². The molecule has 5 rings (SSSR count). The molecule has 7 nitrogen and oxygen atoms in total. The van der Waals surface area contributed by atoms with Crippen molar-refractivity contribution >= 4 is 39.2 Å². The fraction of sp³-hybridized carbons (Fsp3) is 0. The topological polar surface area (TPSA) is 93.3 Å². The lowest BCUT2D eigenvalue weighted by Gasteiger charge is -1.98. The van der Waals surface area contributed by atoms with Crippen LogP contribution in [0.3, 0.4) is 0 Å². The number of aromatic amines is 1. The Bertz CT molecular complexity index is 1480. The molecule has 0 aliphatic carbocycles. The van der Waals surface area contributed by atoms with Gasteiger partial charge in [0.05, 0.1) is 16.0 Å². The number of imidazole rings is 1. The van der Waals surface area contributed by atoms with Crippen LogP contribution in [-0.4, -0.2) is 19.3 Å². The molecule has 0 bridgehead atoms. The molecule has 5 aromatic rings. The molecule has 0 saturated carbocycles. The second kappa shape index (κ2) is 5.50. The zero-order chi connectivity index (χ0) is 18.5. The molecule has 27 heavy (non-hydrogen) atoms. The smallest absolute Gasteiger partial charge is 0.292 e. The molecular weight excluding hydrogens is 344 g/mol. The van der Waals surface area contributed by atoms with Crippen molar-refractivity contribution in [1.82, 2.24) is 14.4 Å². The van der Waals surface area contributed by atoms with E-state index in [2.05, 4.69) is 9.97 Å². The summed E-state index contributed by atoms with van der Waals surface area (Å²) in [6.07, 6.45) is 5.23. The Morgan fingerprint density at radius 1 is 1.11 bits per heavy atom. The third-order valence-corrected chi connectivity index (χ3v) is 4.69. The van der Waals surface area contributed by atoms with Crippen molar-refractivity contribution in [3.05, 3.63) is 92.2 Å². The fourth-order valence-corrected chi connectivity index (χ4v) is 3.56. The van der Waals surface area contributed by atoms with E-state index in [0.29, 0.717) is 11.2 Å². The minimum atomic E-state index is -0.413. The van der Waals surface area contributed by atoms with Gasteiger partial charge in [0.2, 0.25) is 5.65 Å². The molecule has 0 amide bonds. The predicted molar refractivity (Wildman–Crippen MR) is 103 cm³/mol. The van der Waals surface area contributed by atoms with Crippen LogP contribution in [0.15, 0.2) is 65.7 Å². The molecule has 3 aromatic carbocycles. The molecule has 0 saturated heterocycles. The minimum absolute atomic E-state index is 0.0325. The van der Waals surface area contributed by atoms with Crippen LogP contribution in [0.2, 0.25) is 0 Å². The summed E-state index contributed by atoms with van der Waals surface area (Å²) in [6.45, 7) is 0. The summed E-state index contributed by atoms with van der Waals surface area (Å²) in [4.78, 5) is 30.1. The maximum atomic E-state index is 12.4. The molecule has 0 aliphatic heterocycles. The highest BCUT2D eigenvalue weighted by atomic mass is 16.6. The predicted octanol–water partition coefficient (Wildman–Crippen LogP) is 2.78. The lowest BCUT2D eigenvalue weighted by Crippen LogP contribution is -2.13. The van der Waals surface area contributed by atoms with E-state index in [0.717, 1.165) is 27.0 Å². The van der Waals surface area contributed by atoms with Crippen LogP contribution in [-0.2, 0) is 0 Å². The summed E-state index contributed by atoms with van der Waals surface area (Å²) in [7, 11) is 0. The molecule has 2 heterocycles. The van der Waals surface area contributed by atoms with Gasteiger partial charge in [-0.05, 0) is 17.0 Å². The molecule has 0 spiro atoms. The van der Waals surface area contributed by atoms with Gasteiger partial charge >= 0.3 is 0 Å². The number of hydrogen-bond donors (Lipinski definition) is 1. The van der Waals surface area contributed by atoms with E-state index in [-0.39, 0.29) is 11.2 Å². The van der Waals surface area contributed by atoms with E-state index in [4.69, 9.17) is 0 Å². The molecule has 0 aliphatic rings. The highest BCUT2D eigenvalue weighted by Crippen LogP contribution is 2.23. The van der Waals surface area contributed by atoms with Gasteiger partial charge in [-0.2, -0.15) is 0 Å². The zero-order valence-corrected chi connectivity index (χ0v) is 13.9. The standard InChI is InChI=1S/C20H12N4O3/c25-20-19-21-8-9-23(19)18-16(11-12-4-3-5-13(10-12)24(26)27)14-6-1-2-7-15(14)17(18)22-20/h1-11H,(H,22,25)/b16-11-. The SMILES string of the molecule is O=c1[nH]c2c3ccccc3/c(=C/c3cccc([N+](=O)[O-])c3)c2n2ccnc12. The van der Waals surface area contributed by atoms with Gasteiger partial charge in [-0.25, -0.2) is 4.98 Å². The Morgan fingerprint density at radius 3 is 2.74 bits per heavy atom. The lowest BCUT2D eigenvalue weighted by atomic mass is 10.1. The first-order valence-corrected chi connectivity index (χ1v) is 8.29. The van der Waals surface area contributed by atoms with Crippen molar-refractivity contribution in [3.8, 4) is 0 Å². The summed E-state index contributed by atoms with van der Waals surface area (Å²) >= 11 is 0. The van der Waals surface area contributed by atoms with E-state index in [9.17, 15) is 14.9 Å². The Hall–Kier alpha value is -4.00. The van der Waals surface area contributed by atoms with E-state index >= 15 is 0 Å². The molecule has 2 aromatic heterocycles. The Balaban J connectivity index is 1.99. The average molecular weight is 356 g/mol. The largest absolute Gasteiger partial charge is 0.317 e. The second-order valence-electron chi connectivity index (χ2n) is 6.25. The number of benzene rings is 2. The number of hydrogen-bond acceptors (Lipinski definition) is 4. The van der Waals surface area contributed by atoms with Crippen molar-refractivity contribution in [2.45, 2.75) is 0 Å². The third-order valence-electron chi connectivity index (χ3n) is 4.69. The molecule has 0 fully saturated rings. The van der Waals surface area contributed by atoms with Gasteiger partial charge in [-0.3, -0.25) is 19.3 Å². The van der Waals surface area contributed by atoms with Gasteiger partial charge in [-0.15, -0.1) is 0 Å². The van der Waals surface area contributed by atoms with Crippen molar-refractivity contribution in [2.24, 2.45) is 0 Å². The van der Waals surface area contributed by atoms with Gasteiger partial charge < -0.3 is 4.98 Å². The van der Waals surface area contributed by atoms with Gasteiger partial charge in [0.15, 0.2) is 0 Å². The van der Waals surface area contributed by atoms with Gasteiger partial charge in [0.25, 0.3) is 11.2 Å². The third kappa shape index (κ3) is 2.22. The summed E-state index contributed by atoms with van der Waals surface area (Å²) in [5.74, 6) is 0. The fourth-order valence-electron chi connectivity index (χ4n) is 3.56. The van der Waals surface area contributed by atoms with Crippen LogP contribution in [0.1, 0.15) is 5.56 Å². The average Bonchev–Trinajstić information content (AvgIpc) is 3.27. The molecule has 0 atom stereocenters. The summed E-state index contributed by atoms with van der Waals surface area (Å²) < 4.78 is 1.76. The number of rotatable bonds is 2. The van der Waals surface area contributed by atoms with Crippen LogP contribution < -0.4 is 10.8 Å². The van der Waals surface area contributed by atoms with Crippen LogP contribution >= 0.6 is 0 Å². The van der Waals surface area contributed by atoms with Crippen LogP contribution in [0, 0.1) is 10.1 Å². The van der Waals surface area contributed by atoms with Crippen LogP contribution in [0.4, 0.5) is 5.69 Å². The Morgan fingerprint density at radius 2 is 1.93 bits per heavy atom. The Labute approximate surface area is 151 Å². The zero-order valence-electron chi connectivity index (χ0n) is 13.9. The lowest BCUT2D eigenvalue weighted by molar-refractivity contribution is -0.384. The number of H-pyrrole nitrogens is 1. The normalized spacial score (nSPS) is 12.4. The van der Waals surface area contributed by atoms with E-state index in [1.165, 1.54) is 12.1 Å². The number of fused-ring (bicyclic) bond motifs is 5. The molecule has 0 unspecified atom stereocenters.